The maximum Gasteiger partial charge on any atom is 0.303 e. The summed E-state index contributed by atoms with van der Waals surface area (Å²) in [6, 6.07) is 0. The summed E-state index contributed by atoms with van der Waals surface area (Å²) in [4.78, 5) is 30.6. The average Bonchev–Trinajstić information content (AvgIpc) is 3.01. The summed E-state index contributed by atoms with van der Waals surface area (Å²) in [5.74, 6) is -0.961. The van der Waals surface area contributed by atoms with E-state index in [0.717, 1.165) is 12.8 Å². The second-order valence-corrected chi connectivity index (χ2v) is 7.20. The van der Waals surface area contributed by atoms with Gasteiger partial charge in [0, 0.05) is 19.3 Å². The van der Waals surface area contributed by atoms with Gasteiger partial charge in [0.25, 0.3) is 0 Å². The van der Waals surface area contributed by atoms with Crippen LogP contribution in [-0.4, -0.2) is 22.9 Å². The van der Waals surface area contributed by atoms with Crippen molar-refractivity contribution in [2.75, 3.05) is 0 Å². The van der Waals surface area contributed by atoms with E-state index in [1.54, 1.807) is 0 Å². The van der Waals surface area contributed by atoms with E-state index < -0.39 is 5.97 Å². The lowest BCUT2D eigenvalue weighted by Gasteiger charge is -1.99. The van der Waals surface area contributed by atoms with Gasteiger partial charge >= 0.3 is 5.97 Å². The molecule has 5 nitrogen and oxygen atoms in total. The van der Waals surface area contributed by atoms with E-state index in [9.17, 15) is 14.4 Å². The van der Waals surface area contributed by atoms with E-state index in [4.69, 9.17) is 5.11 Å². The Morgan fingerprint density at radius 2 is 1.26 bits per heavy atom. The molecule has 2 amide bonds. The standard InChI is InChI=1S/C18H34O2.C4H5NO2/c1-2-3-4-5-6-7-8-9-10-11-12-13-14-15-16-17-18(19)20;6-3-1-2-4(7)5-3/h9-10H,2-8,11-17H2,1H3,(H,19,20);1-2H2,(H,5,6,7). The first-order valence-electron chi connectivity index (χ1n) is 10.8. The van der Waals surface area contributed by atoms with Gasteiger partial charge in [-0.1, -0.05) is 70.4 Å². The molecule has 156 valence electrons. The van der Waals surface area contributed by atoms with Gasteiger partial charge in [-0.15, -0.1) is 0 Å². The highest BCUT2D eigenvalue weighted by atomic mass is 16.4. The quantitative estimate of drug-likeness (QED) is 0.222. The van der Waals surface area contributed by atoms with Crippen molar-refractivity contribution in [3.8, 4) is 0 Å². The van der Waals surface area contributed by atoms with Crippen molar-refractivity contribution in [1.82, 2.24) is 5.32 Å². The Hall–Kier alpha value is -1.65. The van der Waals surface area contributed by atoms with Crippen LogP contribution in [0.2, 0.25) is 0 Å². The lowest BCUT2D eigenvalue weighted by molar-refractivity contribution is -0.137. The second kappa shape index (κ2) is 19.1. The second-order valence-electron chi connectivity index (χ2n) is 7.20. The molecule has 1 aliphatic heterocycles. The normalized spacial score (nSPS) is 13.5. The van der Waals surface area contributed by atoms with Gasteiger partial charge in [-0.05, 0) is 32.1 Å². The molecule has 0 bridgehead atoms. The SMILES string of the molecule is CCCCCCCCC=CCCCCCCCC(=O)O.O=C1CCC(=O)N1. The van der Waals surface area contributed by atoms with Crippen molar-refractivity contribution < 1.29 is 19.5 Å². The number of hydrogen-bond donors (Lipinski definition) is 2. The molecule has 1 rings (SSSR count). The summed E-state index contributed by atoms with van der Waals surface area (Å²) >= 11 is 0. The molecule has 0 aromatic carbocycles. The molecular weight excluding hydrogens is 342 g/mol. The molecule has 0 saturated carbocycles. The van der Waals surface area contributed by atoms with Crippen molar-refractivity contribution >= 4 is 17.8 Å². The number of unbranched alkanes of at least 4 members (excludes halogenated alkanes) is 11. The molecular formula is C22H39NO4. The average molecular weight is 382 g/mol. The van der Waals surface area contributed by atoms with Gasteiger partial charge in [-0.25, -0.2) is 0 Å². The third kappa shape index (κ3) is 20.5. The minimum absolute atomic E-state index is 0.148. The Morgan fingerprint density at radius 3 is 1.67 bits per heavy atom. The number of imide groups is 1. The van der Waals surface area contributed by atoms with Crippen LogP contribution in [0.5, 0.6) is 0 Å². The van der Waals surface area contributed by atoms with Gasteiger partial charge in [0.1, 0.15) is 0 Å². The fourth-order valence-corrected chi connectivity index (χ4v) is 2.85. The molecule has 0 unspecified atom stereocenters. The molecule has 0 atom stereocenters. The predicted octanol–water partition coefficient (Wildman–Crippen LogP) is 5.53. The molecule has 27 heavy (non-hydrogen) atoms. The van der Waals surface area contributed by atoms with E-state index >= 15 is 0 Å². The van der Waals surface area contributed by atoms with E-state index in [2.05, 4.69) is 24.4 Å². The van der Waals surface area contributed by atoms with Crippen LogP contribution in [0.4, 0.5) is 0 Å². The van der Waals surface area contributed by atoms with E-state index in [-0.39, 0.29) is 11.8 Å². The smallest absolute Gasteiger partial charge is 0.303 e. The topological polar surface area (TPSA) is 83.5 Å². The summed E-state index contributed by atoms with van der Waals surface area (Å²) in [7, 11) is 0. The zero-order valence-electron chi connectivity index (χ0n) is 17.1. The fraction of sp³-hybridized carbons (Fsp3) is 0.773. The van der Waals surface area contributed by atoms with Gasteiger partial charge in [0.05, 0.1) is 0 Å². The number of aliphatic carboxylic acids is 1. The van der Waals surface area contributed by atoms with Gasteiger partial charge in [-0.2, -0.15) is 0 Å². The maximum absolute atomic E-state index is 10.3. The number of hydrogen-bond acceptors (Lipinski definition) is 3. The van der Waals surface area contributed by atoms with Gasteiger partial charge < -0.3 is 5.11 Å². The summed E-state index contributed by atoms with van der Waals surface area (Å²) in [5, 5.41) is 10.6. The number of carboxylic acids is 1. The maximum atomic E-state index is 10.3. The number of carbonyl (C=O) groups is 3. The van der Waals surface area contributed by atoms with Crippen LogP contribution in [0.15, 0.2) is 12.2 Å². The van der Waals surface area contributed by atoms with E-state index in [0.29, 0.717) is 19.3 Å². The highest BCUT2D eigenvalue weighted by Crippen LogP contribution is 2.09. The van der Waals surface area contributed by atoms with Crippen LogP contribution in [0.25, 0.3) is 0 Å². The molecule has 0 radical (unpaired) electrons. The highest BCUT2D eigenvalue weighted by molar-refractivity contribution is 6.01. The largest absolute Gasteiger partial charge is 0.481 e. The molecule has 0 aromatic rings. The molecule has 0 aromatic heterocycles. The zero-order valence-corrected chi connectivity index (χ0v) is 17.1. The van der Waals surface area contributed by atoms with Crippen molar-refractivity contribution in [3.05, 3.63) is 12.2 Å². The highest BCUT2D eigenvalue weighted by Gasteiger charge is 2.15. The van der Waals surface area contributed by atoms with Crippen LogP contribution < -0.4 is 5.32 Å². The Kier molecular flexibility index (Phi) is 18.0. The van der Waals surface area contributed by atoms with Crippen LogP contribution >= 0.6 is 0 Å². The van der Waals surface area contributed by atoms with Gasteiger partial charge in [0.15, 0.2) is 0 Å². The van der Waals surface area contributed by atoms with Crippen LogP contribution in [0.3, 0.4) is 0 Å². The van der Waals surface area contributed by atoms with Crippen molar-refractivity contribution in [3.63, 3.8) is 0 Å². The molecule has 1 fully saturated rings. The lowest BCUT2D eigenvalue weighted by Crippen LogP contribution is -2.18. The summed E-state index contributed by atoms with van der Waals surface area (Å²) in [5.41, 5.74) is 0. The van der Waals surface area contributed by atoms with Crippen molar-refractivity contribution in [1.29, 1.82) is 0 Å². The van der Waals surface area contributed by atoms with Crippen LogP contribution in [-0.2, 0) is 14.4 Å². The minimum atomic E-state index is -0.664. The third-order valence-corrected chi connectivity index (χ3v) is 4.51. The lowest BCUT2D eigenvalue weighted by atomic mass is 10.1. The number of amides is 2. The molecule has 1 saturated heterocycles. The first kappa shape index (κ1) is 25.4. The third-order valence-electron chi connectivity index (χ3n) is 4.51. The Labute approximate surface area is 165 Å². The monoisotopic (exact) mass is 381 g/mol. The van der Waals surface area contributed by atoms with E-state index in [1.165, 1.54) is 70.6 Å². The zero-order chi connectivity index (χ0) is 20.2. The summed E-state index contributed by atoms with van der Waals surface area (Å²) in [6.07, 6.45) is 22.0. The number of allylic oxidation sites excluding steroid dienone is 2. The molecule has 1 heterocycles. The first-order valence-corrected chi connectivity index (χ1v) is 10.8. The van der Waals surface area contributed by atoms with Gasteiger partial charge in [-0.3, -0.25) is 19.7 Å². The Balaban J connectivity index is 0.000000797. The Morgan fingerprint density at radius 1 is 0.815 bits per heavy atom. The number of rotatable bonds is 15. The van der Waals surface area contributed by atoms with Crippen molar-refractivity contribution in [2.45, 2.75) is 110 Å². The van der Waals surface area contributed by atoms with E-state index in [1.807, 2.05) is 0 Å². The molecule has 1 aliphatic rings. The Bertz CT molecular complexity index is 418. The predicted molar refractivity (Wildman–Crippen MR) is 109 cm³/mol. The first-order chi connectivity index (χ1) is 13.1. The number of carboxylic acid groups (broad SMARTS) is 1. The van der Waals surface area contributed by atoms with Crippen LogP contribution in [0, 0.1) is 0 Å². The molecule has 0 spiro atoms. The molecule has 2 N–H and O–H groups in total. The molecule has 5 heteroatoms. The number of carbonyl (C=O) groups excluding carboxylic acids is 2. The van der Waals surface area contributed by atoms with Crippen LogP contribution in [0.1, 0.15) is 110 Å². The summed E-state index contributed by atoms with van der Waals surface area (Å²) in [6.45, 7) is 2.26. The minimum Gasteiger partial charge on any atom is -0.481 e. The fourth-order valence-electron chi connectivity index (χ4n) is 2.85. The van der Waals surface area contributed by atoms with Gasteiger partial charge in [0.2, 0.25) is 11.8 Å². The number of nitrogens with one attached hydrogen (secondary N) is 1. The molecule has 0 aliphatic carbocycles. The van der Waals surface area contributed by atoms with Crippen molar-refractivity contribution in [2.24, 2.45) is 0 Å². The summed E-state index contributed by atoms with van der Waals surface area (Å²) < 4.78 is 0.